The van der Waals surface area contributed by atoms with Crippen molar-refractivity contribution in [3.8, 4) is 11.3 Å². The molecule has 1 saturated carbocycles. The first-order valence-electron chi connectivity index (χ1n) is 7.53. The van der Waals surface area contributed by atoms with Gasteiger partial charge in [-0.1, -0.05) is 12.8 Å². The van der Waals surface area contributed by atoms with Gasteiger partial charge in [-0.15, -0.1) is 11.8 Å². The standard InChI is InChI=1S/C16H19N3OS2/c20-15(11-22-13-3-1-2-4-13)19-9-14-16(18-7-6-17-14)12-5-8-21-10-12/h5-8,10,13H,1-4,9,11H2,(H,19,20). The molecule has 1 aliphatic carbocycles. The molecule has 0 radical (unpaired) electrons. The highest BCUT2D eigenvalue weighted by Crippen LogP contribution is 2.29. The minimum atomic E-state index is 0.0822. The van der Waals surface area contributed by atoms with Crippen molar-refractivity contribution in [3.05, 3.63) is 34.9 Å². The number of nitrogens with zero attached hydrogens (tertiary/aromatic N) is 2. The highest BCUT2D eigenvalue weighted by atomic mass is 32.2. The van der Waals surface area contributed by atoms with Crippen molar-refractivity contribution in [3.63, 3.8) is 0 Å². The number of thioether (sulfide) groups is 1. The fourth-order valence-corrected chi connectivity index (χ4v) is 4.41. The Bertz CT molecular complexity index is 610. The summed E-state index contributed by atoms with van der Waals surface area (Å²) in [6, 6.07) is 2.02. The Balaban J connectivity index is 1.54. The van der Waals surface area contributed by atoms with Gasteiger partial charge in [0.15, 0.2) is 0 Å². The van der Waals surface area contributed by atoms with Crippen LogP contribution in [0.3, 0.4) is 0 Å². The molecule has 22 heavy (non-hydrogen) atoms. The van der Waals surface area contributed by atoms with Gasteiger partial charge < -0.3 is 5.32 Å². The van der Waals surface area contributed by atoms with Crippen LogP contribution in [0.15, 0.2) is 29.2 Å². The summed E-state index contributed by atoms with van der Waals surface area (Å²) < 4.78 is 0. The number of hydrogen-bond acceptors (Lipinski definition) is 5. The SMILES string of the molecule is O=C(CSC1CCCC1)NCc1nccnc1-c1ccsc1. The molecule has 0 atom stereocenters. The Labute approximate surface area is 138 Å². The van der Waals surface area contributed by atoms with Gasteiger partial charge in [0.1, 0.15) is 0 Å². The van der Waals surface area contributed by atoms with Crippen LogP contribution in [-0.2, 0) is 11.3 Å². The number of aromatic nitrogens is 2. The number of thiophene rings is 1. The minimum Gasteiger partial charge on any atom is -0.350 e. The molecule has 2 aromatic rings. The number of hydrogen-bond donors (Lipinski definition) is 1. The van der Waals surface area contributed by atoms with Gasteiger partial charge in [0.25, 0.3) is 0 Å². The van der Waals surface area contributed by atoms with Crippen LogP contribution in [0.5, 0.6) is 0 Å². The lowest BCUT2D eigenvalue weighted by atomic mass is 10.2. The van der Waals surface area contributed by atoms with E-state index in [1.54, 1.807) is 35.5 Å². The summed E-state index contributed by atoms with van der Waals surface area (Å²) >= 11 is 3.41. The Morgan fingerprint density at radius 1 is 1.32 bits per heavy atom. The van der Waals surface area contributed by atoms with Gasteiger partial charge in [-0.3, -0.25) is 14.8 Å². The number of carbonyl (C=O) groups excluding carboxylic acids is 1. The van der Waals surface area contributed by atoms with Gasteiger partial charge in [0, 0.05) is 28.6 Å². The second-order valence-corrected chi connectivity index (χ2v) is 7.43. The predicted octanol–water partition coefficient (Wildman–Crippen LogP) is 3.50. The van der Waals surface area contributed by atoms with Gasteiger partial charge >= 0.3 is 0 Å². The van der Waals surface area contributed by atoms with E-state index in [0.29, 0.717) is 17.5 Å². The molecule has 6 heteroatoms. The van der Waals surface area contributed by atoms with E-state index in [2.05, 4.69) is 15.3 Å². The molecule has 0 saturated heterocycles. The summed E-state index contributed by atoms with van der Waals surface area (Å²) in [7, 11) is 0. The van der Waals surface area contributed by atoms with E-state index in [9.17, 15) is 4.79 Å². The zero-order chi connectivity index (χ0) is 15.2. The van der Waals surface area contributed by atoms with Crippen LogP contribution in [0.25, 0.3) is 11.3 Å². The van der Waals surface area contributed by atoms with Gasteiger partial charge in [-0.2, -0.15) is 11.3 Å². The molecule has 1 aliphatic rings. The van der Waals surface area contributed by atoms with E-state index in [4.69, 9.17) is 0 Å². The van der Waals surface area contributed by atoms with E-state index < -0.39 is 0 Å². The van der Waals surface area contributed by atoms with E-state index >= 15 is 0 Å². The monoisotopic (exact) mass is 333 g/mol. The molecule has 3 rings (SSSR count). The topological polar surface area (TPSA) is 54.9 Å². The van der Waals surface area contributed by atoms with Crippen molar-refractivity contribution in [2.45, 2.75) is 37.5 Å². The highest BCUT2D eigenvalue weighted by molar-refractivity contribution is 8.00. The highest BCUT2D eigenvalue weighted by Gasteiger charge is 2.17. The van der Waals surface area contributed by atoms with Crippen molar-refractivity contribution in [1.82, 2.24) is 15.3 Å². The summed E-state index contributed by atoms with van der Waals surface area (Å²) in [4.78, 5) is 20.8. The van der Waals surface area contributed by atoms with Gasteiger partial charge in [-0.25, -0.2) is 0 Å². The second-order valence-electron chi connectivity index (χ2n) is 5.36. The maximum atomic E-state index is 12.0. The lowest BCUT2D eigenvalue weighted by Crippen LogP contribution is -2.26. The zero-order valence-corrected chi connectivity index (χ0v) is 14.0. The predicted molar refractivity (Wildman–Crippen MR) is 91.9 cm³/mol. The van der Waals surface area contributed by atoms with Crippen LogP contribution < -0.4 is 5.32 Å². The molecule has 116 valence electrons. The molecule has 0 bridgehead atoms. The normalized spacial score (nSPS) is 15.1. The summed E-state index contributed by atoms with van der Waals surface area (Å²) in [6.45, 7) is 0.434. The smallest absolute Gasteiger partial charge is 0.230 e. The van der Waals surface area contributed by atoms with Crippen molar-refractivity contribution in [2.75, 3.05) is 5.75 Å². The molecule has 0 spiro atoms. The van der Waals surface area contributed by atoms with Gasteiger partial charge in [0.05, 0.1) is 23.7 Å². The maximum Gasteiger partial charge on any atom is 0.230 e. The summed E-state index contributed by atoms with van der Waals surface area (Å²) in [5, 5.41) is 7.70. The average Bonchev–Trinajstić information content (AvgIpc) is 3.24. The van der Waals surface area contributed by atoms with E-state index in [1.807, 2.05) is 16.8 Å². The molecular formula is C16H19N3OS2. The number of nitrogens with one attached hydrogen (secondary N) is 1. The molecule has 1 fully saturated rings. The Kier molecular flexibility index (Phi) is 5.45. The fraction of sp³-hybridized carbons (Fsp3) is 0.438. The van der Waals surface area contributed by atoms with Crippen molar-refractivity contribution < 1.29 is 4.79 Å². The fourth-order valence-electron chi connectivity index (χ4n) is 2.62. The molecule has 0 aromatic carbocycles. The first-order chi connectivity index (χ1) is 10.8. The van der Waals surface area contributed by atoms with Crippen molar-refractivity contribution in [1.29, 1.82) is 0 Å². The first-order valence-corrected chi connectivity index (χ1v) is 9.53. The second kappa shape index (κ2) is 7.74. The van der Waals surface area contributed by atoms with Crippen LogP contribution in [0.4, 0.5) is 0 Å². The zero-order valence-electron chi connectivity index (χ0n) is 12.3. The third-order valence-corrected chi connectivity index (χ3v) is 5.83. The van der Waals surface area contributed by atoms with E-state index in [0.717, 1.165) is 17.0 Å². The van der Waals surface area contributed by atoms with E-state index in [1.165, 1.54) is 25.7 Å². The van der Waals surface area contributed by atoms with Crippen molar-refractivity contribution in [2.24, 2.45) is 0 Å². The number of carbonyl (C=O) groups is 1. The van der Waals surface area contributed by atoms with Crippen LogP contribution in [0.2, 0.25) is 0 Å². The Hall–Kier alpha value is -1.40. The third kappa shape index (κ3) is 4.08. The van der Waals surface area contributed by atoms with Crippen molar-refractivity contribution >= 4 is 29.0 Å². The van der Waals surface area contributed by atoms with Gasteiger partial charge in [0.2, 0.25) is 5.91 Å². The molecule has 1 amide bonds. The Morgan fingerprint density at radius 3 is 2.91 bits per heavy atom. The quantitative estimate of drug-likeness (QED) is 0.879. The molecule has 4 nitrogen and oxygen atoms in total. The maximum absolute atomic E-state index is 12.0. The van der Waals surface area contributed by atoms with Crippen LogP contribution in [0.1, 0.15) is 31.4 Å². The lowest BCUT2D eigenvalue weighted by Gasteiger charge is -2.10. The summed E-state index contributed by atoms with van der Waals surface area (Å²) in [6.07, 6.45) is 8.49. The average molecular weight is 333 g/mol. The molecule has 2 aromatic heterocycles. The summed E-state index contributed by atoms with van der Waals surface area (Å²) in [5.74, 6) is 0.623. The third-order valence-electron chi connectivity index (χ3n) is 3.77. The minimum absolute atomic E-state index is 0.0822. The first kappa shape index (κ1) is 15.5. The van der Waals surface area contributed by atoms with Crippen LogP contribution >= 0.6 is 23.1 Å². The molecular weight excluding hydrogens is 314 g/mol. The lowest BCUT2D eigenvalue weighted by molar-refractivity contribution is -0.118. The van der Waals surface area contributed by atoms with Crippen LogP contribution in [0, 0.1) is 0 Å². The summed E-state index contributed by atoms with van der Waals surface area (Å²) in [5.41, 5.74) is 2.73. The molecule has 0 aliphatic heterocycles. The Morgan fingerprint density at radius 2 is 2.14 bits per heavy atom. The largest absolute Gasteiger partial charge is 0.350 e. The van der Waals surface area contributed by atoms with Crippen LogP contribution in [-0.4, -0.2) is 26.9 Å². The number of amides is 1. The molecule has 2 heterocycles. The molecule has 0 unspecified atom stereocenters. The number of rotatable bonds is 6. The van der Waals surface area contributed by atoms with Gasteiger partial charge in [-0.05, 0) is 24.3 Å². The molecule has 1 N–H and O–H groups in total. The van der Waals surface area contributed by atoms with E-state index in [-0.39, 0.29) is 5.91 Å².